The van der Waals surface area contributed by atoms with Gasteiger partial charge in [0, 0.05) is 12.7 Å². The van der Waals surface area contributed by atoms with Crippen molar-refractivity contribution in [2.24, 2.45) is 0 Å². The lowest BCUT2D eigenvalue weighted by molar-refractivity contribution is -0.138. The summed E-state index contributed by atoms with van der Waals surface area (Å²) in [5.74, 6) is -0.556. The summed E-state index contributed by atoms with van der Waals surface area (Å²) in [4.78, 5) is 15.7. The van der Waals surface area contributed by atoms with Gasteiger partial charge in [-0.15, -0.1) is 0 Å². The number of nitrogens with one attached hydrogen (secondary N) is 2. The molecule has 2 aromatic carbocycles. The van der Waals surface area contributed by atoms with Crippen LogP contribution in [0.25, 0.3) is 11.1 Å². The molecule has 0 radical (unpaired) electrons. The van der Waals surface area contributed by atoms with Crippen LogP contribution in [-0.4, -0.2) is 36.3 Å². The molecule has 1 atom stereocenters. The van der Waals surface area contributed by atoms with Gasteiger partial charge in [0.1, 0.15) is 11.9 Å². The maximum atomic E-state index is 11.7. The Morgan fingerprint density at radius 1 is 1.00 bits per heavy atom. The maximum absolute atomic E-state index is 11.7. The summed E-state index contributed by atoms with van der Waals surface area (Å²) >= 11 is 0. The molecule has 32 heavy (non-hydrogen) atoms. The smallest absolute Gasteiger partial charge is 0.322 e. The molecule has 0 unspecified atom stereocenters. The van der Waals surface area contributed by atoms with Crippen LogP contribution >= 0.6 is 0 Å². The molecule has 0 aliphatic carbocycles. The van der Waals surface area contributed by atoms with Gasteiger partial charge in [-0.3, -0.25) is 4.79 Å². The largest absolute Gasteiger partial charge is 0.480 e. The highest BCUT2D eigenvalue weighted by atomic mass is 32.2. The lowest BCUT2D eigenvalue weighted by Gasteiger charge is -2.14. The second-order valence-corrected chi connectivity index (χ2v) is 9.12. The molecule has 7 nitrogen and oxygen atoms in total. The van der Waals surface area contributed by atoms with Gasteiger partial charge in [0.15, 0.2) is 0 Å². The van der Waals surface area contributed by atoms with Crippen LogP contribution in [0.3, 0.4) is 0 Å². The van der Waals surface area contributed by atoms with E-state index in [0.717, 1.165) is 28.1 Å². The normalized spacial score (nSPS) is 11.9. The Bertz CT molecular complexity index is 1120. The average Bonchev–Trinajstić information content (AvgIpc) is 2.78. The van der Waals surface area contributed by atoms with E-state index in [4.69, 9.17) is 0 Å². The van der Waals surface area contributed by atoms with E-state index < -0.39 is 22.0 Å². The van der Waals surface area contributed by atoms with E-state index in [9.17, 15) is 18.3 Å². The van der Waals surface area contributed by atoms with Crippen LogP contribution in [0.5, 0.6) is 0 Å². The van der Waals surface area contributed by atoms with Crippen LogP contribution in [-0.2, 0) is 27.8 Å². The van der Waals surface area contributed by atoms with E-state index in [1.54, 1.807) is 6.20 Å². The van der Waals surface area contributed by atoms with Crippen LogP contribution in [0.1, 0.15) is 25.5 Å². The van der Waals surface area contributed by atoms with Crippen LogP contribution in [0, 0.1) is 0 Å². The average molecular weight is 456 g/mol. The number of rotatable bonds is 10. The van der Waals surface area contributed by atoms with Crippen molar-refractivity contribution >= 4 is 21.8 Å². The quantitative estimate of drug-likeness (QED) is 0.427. The molecule has 0 saturated heterocycles. The number of hydrogen-bond acceptors (Lipinski definition) is 5. The van der Waals surface area contributed by atoms with Gasteiger partial charge in [0.05, 0.1) is 5.75 Å². The number of nitrogens with zero attached hydrogens (tertiary/aromatic N) is 1. The molecule has 3 N–H and O–H groups in total. The Morgan fingerprint density at radius 3 is 2.38 bits per heavy atom. The zero-order valence-electron chi connectivity index (χ0n) is 17.2. The first-order valence-electron chi connectivity index (χ1n) is 9.92. The van der Waals surface area contributed by atoms with Crippen molar-refractivity contribution in [2.45, 2.75) is 33.4 Å². The third kappa shape index (κ3) is 7.18. The number of benzene rings is 2. The van der Waals surface area contributed by atoms with Gasteiger partial charge < -0.3 is 10.4 Å². The summed E-state index contributed by atoms with van der Waals surface area (Å²) in [6.45, 7) is 2.11. The summed E-state index contributed by atoms with van der Waals surface area (Å²) in [5.41, 5.74) is 3.87. The lowest BCUT2D eigenvalue weighted by Crippen LogP contribution is -2.42. The molecule has 0 aliphatic rings. The van der Waals surface area contributed by atoms with Crippen LogP contribution < -0.4 is 10.0 Å². The Morgan fingerprint density at radius 2 is 1.75 bits per heavy atom. The van der Waals surface area contributed by atoms with Crippen molar-refractivity contribution in [3.8, 4) is 11.1 Å². The highest BCUT2D eigenvalue weighted by molar-refractivity contribution is 7.89. The van der Waals surface area contributed by atoms with E-state index >= 15 is 0 Å². The number of aromatic nitrogens is 1. The molecule has 0 fully saturated rings. The maximum Gasteiger partial charge on any atom is 0.322 e. The summed E-state index contributed by atoms with van der Waals surface area (Å²) in [6.07, 6.45) is 1.81. The van der Waals surface area contributed by atoms with Crippen LogP contribution in [0.15, 0.2) is 72.9 Å². The van der Waals surface area contributed by atoms with E-state index in [2.05, 4.69) is 21.1 Å². The molecule has 0 bridgehead atoms. The molecule has 8 heteroatoms. The Balaban J connectivity index is 0.00000363. The first-order valence-corrected chi connectivity index (χ1v) is 11.6. The van der Waals surface area contributed by atoms with Crippen molar-refractivity contribution < 1.29 is 18.3 Å². The number of aliphatic carboxylic acids is 1. The number of carboxylic acid groups (broad SMARTS) is 1. The highest BCUT2D eigenvalue weighted by Gasteiger charge is 2.23. The molecule has 1 heterocycles. The molecule has 0 amide bonds. The number of carboxylic acids is 1. The summed E-state index contributed by atoms with van der Waals surface area (Å²) in [5, 5.41) is 12.6. The standard InChI is InChI=1S/C23H25N3O4S.CH4/c1-2-31(29,30)26-21(23(27)28)15-17-9-11-19(12-10-17)20-7-5-6-18(14-20)16-25-22-8-3-4-13-24-22;/h3-14,21,26H,2,15-16H2,1H3,(H,24,25)(H,27,28);1H4/t21-;/m0./s1. The van der Waals surface area contributed by atoms with Gasteiger partial charge in [0.25, 0.3) is 0 Å². The molecule has 170 valence electrons. The van der Waals surface area contributed by atoms with Crippen molar-refractivity contribution in [3.05, 3.63) is 84.1 Å². The topological polar surface area (TPSA) is 108 Å². The molecule has 1 aromatic heterocycles. The zero-order valence-corrected chi connectivity index (χ0v) is 18.0. The monoisotopic (exact) mass is 455 g/mol. The Labute approximate surface area is 189 Å². The summed E-state index contributed by atoms with van der Waals surface area (Å²) in [7, 11) is -3.61. The minimum Gasteiger partial charge on any atom is -0.480 e. The SMILES string of the molecule is C.CCS(=O)(=O)N[C@@H](Cc1ccc(-c2cccc(CNc3ccccn3)c2)cc1)C(=O)O. The van der Waals surface area contributed by atoms with Gasteiger partial charge in [-0.2, -0.15) is 0 Å². The lowest BCUT2D eigenvalue weighted by atomic mass is 9.99. The molecule has 3 aromatic rings. The highest BCUT2D eigenvalue weighted by Crippen LogP contribution is 2.22. The minimum atomic E-state index is -3.61. The van der Waals surface area contributed by atoms with E-state index in [-0.39, 0.29) is 19.6 Å². The number of sulfonamides is 1. The first-order chi connectivity index (χ1) is 14.9. The molecule has 0 aliphatic heterocycles. The second kappa shape index (κ2) is 11.4. The van der Waals surface area contributed by atoms with E-state index in [1.165, 1.54) is 6.92 Å². The third-order valence-corrected chi connectivity index (χ3v) is 6.20. The van der Waals surface area contributed by atoms with Crippen molar-refractivity contribution in [3.63, 3.8) is 0 Å². The van der Waals surface area contributed by atoms with Crippen LogP contribution in [0.2, 0.25) is 0 Å². The second-order valence-electron chi connectivity index (χ2n) is 7.08. The fourth-order valence-electron chi connectivity index (χ4n) is 3.07. The van der Waals surface area contributed by atoms with Crippen molar-refractivity contribution in [1.82, 2.24) is 9.71 Å². The van der Waals surface area contributed by atoms with Crippen molar-refractivity contribution in [2.75, 3.05) is 11.1 Å². The number of hydrogen-bond donors (Lipinski definition) is 3. The number of carbonyl (C=O) groups is 1. The number of pyridine rings is 1. The minimum absolute atomic E-state index is 0. The summed E-state index contributed by atoms with van der Waals surface area (Å²) < 4.78 is 25.7. The van der Waals surface area contributed by atoms with Gasteiger partial charge in [0.2, 0.25) is 10.0 Å². The predicted octanol–water partition coefficient (Wildman–Crippen LogP) is 3.93. The third-order valence-electron chi connectivity index (χ3n) is 4.79. The first kappa shape index (κ1) is 25.0. The van der Waals surface area contributed by atoms with Gasteiger partial charge in [-0.1, -0.05) is 56.0 Å². The van der Waals surface area contributed by atoms with Crippen molar-refractivity contribution in [1.29, 1.82) is 0 Å². The summed E-state index contributed by atoms with van der Waals surface area (Å²) in [6, 6.07) is 20.1. The molecule has 0 spiro atoms. The predicted molar refractivity (Wildman–Crippen MR) is 128 cm³/mol. The van der Waals surface area contributed by atoms with E-state index in [0.29, 0.717) is 6.54 Å². The molecular formula is C24H29N3O4S. The van der Waals surface area contributed by atoms with Gasteiger partial charge in [-0.05, 0) is 53.8 Å². The van der Waals surface area contributed by atoms with Gasteiger partial charge >= 0.3 is 5.97 Å². The van der Waals surface area contributed by atoms with Crippen LogP contribution in [0.4, 0.5) is 5.82 Å². The Kier molecular flexibility index (Phi) is 8.92. The molecule has 0 saturated carbocycles. The zero-order chi connectivity index (χ0) is 22.3. The Hall–Kier alpha value is -3.23. The van der Waals surface area contributed by atoms with Gasteiger partial charge in [-0.25, -0.2) is 18.1 Å². The fourth-order valence-corrected chi connectivity index (χ4v) is 3.85. The van der Waals surface area contributed by atoms with E-state index in [1.807, 2.05) is 60.7 Å². The molecular weight excluding hydrogens is 426 g/mol. The number of anilines is 1. The fraction of sp³-hybridized carbons (Fsp3) is 0.250. The molecule has 3 rings (SSSR count).